The van der Waals surface area contributed by atoms with Gasteiger partial charge in [-0.3, -0.25) is 0 Å². The molecular weight excluding hydrogens is 218 g/mol. The third-order valence-electron chi connectivity index (χ3n) is 3.50. The molecule has 2 fully saturated rings. The average molecular weight is 235 g/mol. The monoisotopic (exact) mass is 235 g/mol. The number of nitrogens with zero attached hydrogens (tertiary/aromatic N) is 1. The fourth-order valence-corrected chi connectivity index (χ4v) is 4.04. The van der Waals surface area contributed by atoms with Crippen LogP contribution in [0.4, 0.5) is 0 Å². The van der Waals surface area contributed by atoms with Crippen LogP contribution in [0.25, 0.3) is 0 Å². The molecule has 0 unspecified atom stereocenters. The highest BCUT2D eigenvalue weighted by Gasteiger charge is 2.41. The van der Waals surface area contributed by atoms with E-state index in [1.807, 2.05) is 0 Å². The summed E-state index contributed by atoms with van der Waals surface area (Å²) in [5.41, 5.74) is 0.177. The lowest BCUT2D eigenvalue weighted by molar-refractivity contribution is 0.238. The molecule has 3 nitrogen and oxygen atoms in total. The van der Waals surface area contributed by atoms with Crippen LogP contribution in [-0.2, 0) is 10.0 Å². The molecule has 1 aliphatic carbocycles. The molecule has 1 saturated heterocycles. The normalized spacial score (nSPS) is 30.1. The van der Waals surface area contributed by atoms with Gasteiger partial charge in [-0.15, -0.1) is 0 Å². The lowest BCUT2D eigenvalue weighted by Gasteiger charge is -2.38. The van der Waals surface area contributed by atoms with Crippen molar-refractivity contribution in [3.63, 3.8) is 0 Å². The van der Waals surface area contributed by atoms with Crippen LogP contribution in [0.2, 0.25) is 0 Å². The molecule has 14 heavy (non-hydrogen) atoms. The molecule has 2 aliphatic rings. The second-order valence-corrected chi connectivity index (χ2v) is 6.92. The van der Waals surface area contributed by atoms with Gasteiger partial charge in [0.15, 0.2) is 0 Å². The Labute approximate surface area is 91.3 Å². The van der Waals surface area contributed by atoms with Crippen LogP contribution in [0.5, 0.6) is 0 Å². The highest BCUT2D eigenvalue weighted by atomic mass is 32.2. The maximum Gasteiger partial charge on any atom is 0.215 e. The molecule has 1 heterocycles. The first-order valence-corrected chi connectivity index (χ1v) is 7.41. The van der Waals surface area contributed by atoms with Gasteiger partial charge >= 0.3 is 0 Å². The molecule has 2 rings (SSSR count). The van der Waals surface area contributed by atoms with E-state index < -0.39 is 10.0 Å². The van der Waals surface area contributed by atoms with Crippen LogP contribution in [0, 0.1) is 5.41 Å². The summed E-state index contributed by atoms with van der Waals surface area (Å²) in [6.07, 6.45) is 4.74. The quantitative estimate of drug-likeness (QED) is 0.744. The van der Waals surface area contributed by atoms with Crippen LogP contribution >= 0.6 is 12.6 Å². The number of thiol groups is 1. The Kier molecular flexibility index (Phi) is 2.83. The lowest BCUT2D eigenvalue weighted by Crippen LogP contribution is -2.52. The fourth-order valence-electron chi connectivity index (χ4n) is 2.41. The Morgan fingerprint density at radius 1 is 1.29 bits per heavy atom. The van der Waals surface area contributed by atoms with E-state index in [1.165, 1.54) is 12.8 Å². The first-order valence-electron chi connectivity index (χ1n) is 5.17. The van der Waals surface area contributed by atoms with E-state index in [0.717, 1.165) is 25.1 Å². The maximum atomic E-state index is 11.4. The lowest BCUT2D eigenvalue weighted by atomic mass is 9.88. The summed E-state index contributed by atoms with van der Waals surface area (Å²) in [6, 6.07) is 0. The van der Waals surface area contributed by atoms with Gasteiger partial charge < -0.3 is 0 Å². The van der Waals surface area contributed by atoms with Crippen LogP contribution < -0.4 is 0 Å². The van der Waals surface area contributed by atoms with E-state index in [0.29, 0.717) is 12.3 Å². The second kappa shape index (κ2) is 3.68. The third kappa shape index (κ3) is 1.82. The molecule has 0 radical (unpaired) electrons. The van der Waals surface area contributed by atoms with Crippen LogP contribution in [-0.4, -0.2) is 37.3 Å². The van der Waals surface area contributed by atoms with Crippen LogP contribution in [0.15, 0.2) is 0 Å². The van der Waals surface area contributed by atoms with Crippen molar-refractivity contribution in [2.75, 3.05) is 24.6 Å². The first-order chi connectivity index (χ1) is 6.58. The molecule has 82 valence electrons. The van der Waals surface area contributed by atoms with Crippen molar-refractivity contribution in [3.05, 3.63) is 0 Å². The molecular formula is C9H17NO2S2. The van der Waals surface area contributed by atoms with Crippen LogP contribution in [0.3, 0.4) is 0 Å². The van der Waals surface area contributed by atoms with Gasteiger partial charge in [0, 0.05) is 13.1 Å². The zero-order valence-electron chi connectivity index (χ0n) is 8.28. The van der Waals surface area contributed by atoms with Crippen LogP contribution in [0.1, 0.15) is 25.7 Å². The second-order valence-electron chi connectivity index (χ2n) is 4.51. The van der Waals surface area contributed by atoms with Gasteiger partial charge in [-0.2, -0.15) is 12.6 Å². The predicted octanol–water partition coefficient (Wildman–Crippen LogP) is 1.12. The number of sulfonamides is 1. The largest absolute Gasteiger partial charge is 0.215 e. The molecule has 0 spiro atoms. The fraction of sp³-hybridized carbons (Fsp3) is 1.00. The Balaban J connectivity index is 2.02. The van der Waals surface area contributed by atoms with Gasteiger partial charge in [0.2, 0.25) is 10.0 Å². The van der Waals surface area contributed by atoms with Gasteiger partial charge in [0.25, 0.3) is 0 Å². The van der Waals surface area contributed by atoms with E-state index in [-0.39, 0.29) is 5.41 Å². The third-order valence-corrected chi connectivity index (χ3v) is 5.97. The average Bonchev–Trinajstić information content (AvgIpc) is 2.62. The molecule has 0 amide bonds. The number of hydrogen-bond acceptors (Lipinski definition) is 3. The van der Waals surface area contributed by atoms with E-state index in [9.17, 15) is 8.42 Å². The standard InChI is InChI=1S/C9H17NO2S2/c11-14(12)6-5-10(14)7-9(8-13)3-1-2-4-9/h13H,1-8H2. The highest BCUT2D eigenvalue weighted by Crippen LogP contribution is 2.40. The van der Waals surface area contributed by atoms with Gasteiger partial charge in [-0.1, -0.05) is 12.8 Å². The van der Waals surface area contributed by atoms with Gasteiger partial charge in [-0.25, -0.2) is 12.7 Å². The van der Waals surface area contributed by atoms with E-state index >= 15 is 0 Å². The Morgan fingerprint density at radius 3 is 2.29 bits per heavy atom. The SMILES string of the molecule is O=S1(=O)CCN1CC1(CS)CCCC1. The molecule has 0 atom stereocenters. The van der Waals surface area contributed by atoms with Gasteiger partial charge in [0.05, 0.1) is 5.75 Å². The van der Waals surface area contributed by atoms with E-state index in [1.54, 1.807) is 4.31 Å². The highest BCUT2D eigenvalue weighted by molar-refractivity contribution is 7.90. The van der Waals surface area contributed by atoms with Crippen molar-refractivity contribution < 1.29 is 8.42 Å². The van der Waals surface area contributed by atoms with Crippen molar-refractivity contribution in [3.8, 4) is 0 Å². The Bertz CT molecular complexity index is 307. The topological polar surface area (TPSA) is 37.4 Å². The molecule has 0 N–H and O–H groups in total. The number of hydrogen-bond donors (Lipinski definition) is 1. The van der Waals surface area contributed by atoms with Crippen molar-refractivity contribution in [2.24, 2.45) is 5.41 Å². The predicted molar refractivity (Wildman–Crippen MR) is 60.1 cm³/mol. The van der Waals surface area contributed by atoms with Crippen molar-refractivity contribution in [1.82, 2.24) is 4.31 Å². The zero-order valence-corrected chi connectivity index (χ0v) is 9.99. The molecule has 0 aromatic rings. The van der Waals surface area contributed by atoms with Gasteiger partial charge in [-0.05, 0) is 24.0 Å². The van der Waals surface area contributed by atoms with E-state index in [2.05, 4.69) is 12.6 Å². The molecule has 1 aliphatic heterocycles. The van der Waals surface area contributed by atoms with Crippen molar-refractivity contribution in [1.29, 1.82) is 0 Å². The summed E-state index contributed by atoms with van der Waals surface area (Å²) in [7, 11) is -2.86. The summed E-state index contributed by atoms with van der Waals surface area (Å²) < 4.78 is 24.4. The summed E-state index contributed by atoms with van der Waals surface area (Å²) in [5.74, 6) is 1.16. The minimum Gasteiger partial charge on any atom is -0.212 e. The number of rotatable bonds is 3. The van der Waals surface area contributed by atoms with Crippen molar-refractivity contribution >= 4 is 22.7 Å². The minimum atomic E-state index is -2.86. The molecule has 5 heteroatoms. The summed E-state index contributed by atoms with van der Waals surface area (Å²) in [6.45, 7) is 1.43. The molecule has 0 aromatic heterocycles. The summed E-state index contributed by atoms with van der Waals surface area (Å²) in [4.78, 5) is 0. The zero-order chi connectivity index (χ0) is 10.2. The van der Waals surface area contributed by atoms with E-state index in [4.69, 9.17) is 0 Å². The maximum absolute atomic E-state index is 11.4. The summed E-state index contributed by atoms with van der Waals surface area (Å²) in [5, 5.41) is 0. The molecule has 1 saturated carbocycles. The van der Waals surface area contributed by atoms with Gasteiger partial charge in [0.1, 0.15) is 0 Å². The first kappa shape index (κ1) is 10.8. The smallest absolute Gasteiger partial charge is 0.212 e. The molecule has 0 bridgehead atoms. The Morgan fingerprint density at radius 2 is 1.93 bits per heavy atom. The van der Waals surface area contributed by atoms with Crippen molar-refractivity contribution in [2.45, 2.75) is 25.7 Å². The summed E-state index contributed by atoms with van der Waals surface area (Å²) >= 11 is 4.37. The Hall–Kier alpha value is 0.260. The minimum absolute atomic E-state index is 0.177. The molecule has 0 aromatic carbocycles.